The molecule has 3 atom stereocenters. The van der Waals surface area contributed by atoms with E-state index in [1.165, 1.54) is 19.3 Å². The molecule has 0 saturated carbocycles. The molecule has 0 unspecified atom stereocenters. The zero-order valence-electron chi connectivity index (χ0n) is 22.8. The summed E-state index contributed by atoms with van der Waals surface area (Å²) in [6.07, 6.45) is 14.8. The van der Waals surface area contributed by atoms with Crippen molar-refractivity contribution in [2.75, 3.05) is 65.2 Å². The predicted octanol–water partition coefficient (Wildman–Crippen LogP) is 4.05. The standard InChI is InChI=1S/C28H48N2O6S/c1-3-5-6-9-14-30-27-25(29-28(30)32)23-37-26(27)13-8-7-11-24(31)12-10-16-34-18-20-36-22-21-35-19-17-33-15-4-2/h2,25-27H,3,5-23H2,1H3,(H,29,32)/t25-,26-,27-/m0/s1. The van der Waals surface area contributed by atoms with E-state index in [1.807, 2.05) is 11.8 Å². The molecule has 2 heterocycles. The minimum absolute atomic E-state index is 0.119. The molecule has 2 saturated heterocycles. The van der Waals surface area contributed by atoms with E-state index >= 15 is 0 Å². The molecule has 2 aliphatic heterocycles. The van der Waals surface area contributed by atoms with Gasteiger partial charge in [-0.15, -0.1) is 6.42 Å². The molecule has 37 heavy (non-hydrogen) atoms. The molecule has 2 rings (SSSR count). The molecule has 2 amide bonds. The van der Waals surface area contributed by atoms with E-state index in [2.05, 4.69) is 23.1 Å². The molecule has 2 aliphatic rings. The van der Waals surface area contributed by atoms with E-state index in [0.717, 1.165) is 44.4 Å². The summed E-state index contributed by atoms with van der Waals surface area (Å²) in [7, 11) is 0. The lowest BCUT2D eigenvalue weighted by molar-refractivity contribution is -0.119. The number of Topliss-reactive ketones (excluding diaryl/α,β-unsaturated/α-hetero) is 1. The minimum Gasteiger partial charge on any atom is -0.379 e. The average Bonchev–Trinajstić information content (AvgIpc) is 3.42. The molecule has 0 radical (unpaired) electrons. The van der Waals surface area contributed by atoms with Gasteiger partial charge in [-0.3, -0.25) is 4.79 Å². The highest BCUT2D eigenvalue weighted by atomic mass is 32.2. The number of nitrogens with zero attached hydrogens (tertiary/aromatic N) is 1. The molecular formula is C28H48N2O6S. The molecule has 0 aliphatic carbocycles. The number of amides is 2. The van der Waals surface area contributed by atoms with Gasteiger partial charge in [-0.25, -0.2) is 4.79 Å². The van der Waals surface area contributed by atoms with Gasteiger partial charge >= 0.3 is 6.03 Å². The molecule has 0 aromatic heterocycles. The van der Waals surface area contributed by atoms with Crippen LogP contribution >= 0.6 is 11.8 Å². The Morgan fingerprint density at radius 3 is 2.32 bits per heavy atom. The number of nitrogens with one attached hydrogen (secondary N) is 1. The van der Waals surface area contributed by atoms with Gasteiger partial charge in [0.25, 0.3) is 0 Å². The van der Waals surface area contributed by atoms with Crippen molar-refractivity contribution in [2.45, 2.75) is 88.5 Å². The molecule has 2 fully saturated rings. The fraction of sp³-hybridized carbons (Fsp3) is 0.857. The SMILES string of the molecule is C#CCOCCOCCOCCOCCCC(=O)CCCC[C@@H]1SC[C@@H]2NC(=O)N(CCCCCC)[C@@H]21. The predicted molar refractivity (Wildman–Crippen MR) is 148 cm³/mol. The van der Waals surface area contributed by atoms with Crippen molar-refractivity contribution in [1.29, 1.82) is 0 Å². The van der Waals surface area contributed by atoms with Crippen molar-refractivity contribution < 1.29 is 28.5 Å². The lowest BCUT2D eigenvalue weighted by Gasteiger charge is -2.27. The number of carbonyl (C=O) groups excluding carboxylic acids is 2. The highest BCUT2D eigenvalue weighted by Crippen LogP contribution is 2.37. The van der Waals surface area contributed by atoms with Crippen LogP contribution in [0.5, 0.6) is 0 Å². The van der Waals surface area contributed by atoms with Gasteiger partial charge in [-0.1, -0.05) is 38.5 Å². The number of hydrogen-bond acceptors (Lipinski definition) is 7. The third-order valence-corrected chi connectivity index (χ3v) is 8.20. The molecule has 0 spiro atoms. The van der Waals surface area contributed by atoms with Crippen LogP contribution in [0.3, 0.4) is 0 Å². The first-order valence-corrected chi connectivity index (χ1v) is 15.2. The second kappa shape index (κ2) is 20.6. The Balaban J connectivity index is 1.41. The summed E-state index contributed by atoms with van der Waals surface area (Å²) >= 11 is 1.99. The quantitative estimate of drug-likeness (QED) is 0.112. The second-order valence-electron chi connectivity index (χ2n) is 9.65. The van der Waals surface area contributed by atoms with Crippen molar-refractivity contribution in [2.24, 2.45) is 0 Å². The van der Waals surface area contributed by atoms with Crippen molar-refractivity contribution in [1.82, 2.24) is 10.2 Å². The minimum atomic E-state index is 0.119. The third kappa shape index (κ3) is 13.4. The zero-order valence-corrected chi connectivity index (χ0v) is 23.6. The first-order chi connectivity index (χ1) is 18.2. The van der Waals surface area contributed by atoms with Crippen molar-refractivity contribution >= 4 is 23.6 Å². The Morgan fingerprint density at radius 1 is 0.946 bits per heavy atom. The maximum Gasteiger partial charge on any atom is 0.318 e. The Hall–Kier alpha value is -1.31. The number of unbranched alkanes of at least 4 members (excludes halogenated alkanes) is 4. The fourth-order valence-electron chi connectivity index (χ4n) is 4.77. The van der Waals surface area contributed by atoms with E-state index in [0.29, 0.717) is 88.8 Å². The molecule has 8 nitrogen and oxygen atoms in total. The van der Waals surface area contributed by atoms with Crippen LogP contribution in [0.25, 0.3) is 0 Å². The highest BCUT2D eigenvalue weighted by molar-refractivity contribution is 8.00. The van der Waals surface area contributed by atoms with Gasteiger partial charge in [0.15, 0.2) is 0 Å². The molecule has 0 aromatic carbocycles. The summed E-state index contributed by atoms with van der Waals surface area (Å²) in [5.74, 6) is 3.72. The molecule has 0 aromatic rings. The van der Waals surface area contributed by atoms with Gasteiger partial charge < -0.3 is 29.2 Å². The Bertz CT molecular complexity index is 674. The number of ether oxygens (including phenoxy) is 4. The lowest BCUT2D eigenvalue weighted by atomic mass is 10.0. The summed E-state index contributed by atoms with van der Waals surface area (Å²) in [6, 6.07) is 0.731. The largest absolute Gasteiger partial charge is 0.379 e. The maximum absolute atomic E-state index is 12.4. The molecule has 0 bridgehead atoms. The molecule has 1 N–H and O–H groups in total. The van der Waals surface area contributed by atoms with Gasteiger partial charge in [0.2, 0.25) is 0 Å². The Labute approximate surface area is 228 Å². The number of terminal acetylenes is 1. The summed E-state index contributed by atoms with van der Waals surface area (Å²) in [5.41, 5.74) is 0. The number of rotatable bonds is 24. The second-order valence-corrected chi connectivity index (χ2v) is 10.9. The first-order valence-electron chi connectivity index (χ1n) is 14.1. The topological polar surface area (TPSA) is 86.3 Å². The van der Waals surface area contributed by atoms with E-state index < -0.39 is 0 Å². The maximum atomic E-state index is 12.4. The van der Waals surface area contributed by atoms with Crippen LogP contribution in [0.15, 0.2) is 0 Å². The fourth-order valence-corrected chi connectivity index (χ4v) is 6.38. The van der Waals surface area contributed by atoms with Crippen molar-refractivity contribution in [3.05, 3.63) is 0 Å². The van der Waals surface area contributed by atoms with Crippen molar-refractivity contribution in [3.63, 3.8) is 0 Å². The third-order valence-electron chi connectivity index (χ3n) is 6.71. The van der Waals surface area contributed by atoms with Crippen LogP contribution in [-0.4, -0.2) is 99.2 Å². The number of urea groups is 1. The van der Waals surface area contributed by atoms with E-state index in [1.54, 1.807) is 0 Å². The van der Waals surface area contributed by atoms with E-state index in [9.17, 15) is 9.59 Å². The first kappa shape index (κ1) is 31.9. The van der Waals surface area contributed by atoms with E-state index in [-0.39, 0.29) is 6.03 Å². The van der Waals surface area contributed by atoms with Crippen LogP contribution < -0.4 is 5.32 Å². The number of thioether (sulfide) groups is 1. The monoisotopic (exact) mass is 540 g/mol. The van der Waals surface area contributed by atoms with Gasteiger partial charge in [-0.05, 0) is 25.7 Å². The Kier molecular flexibility index (Phi) is 17.8. The Morgan fingerprint density at radius 2 is 1.62 bits per heavy atom. The van der Waals surface area contributed by atoms with Gasteiger partial charge in [0.1, 0.15) is 12.4 Å². The summed E-state index contributed by atoms with van der Waals surface area (Å²) < 4.78 is 21.5. The smallest absolute Gasteiger partial charge is 0.318 e. The molecule has 212 valence electrons. The van der Waals surface area contributed by atoms with Gasteiger partial charge in [-0.2, -0.15) is 11.8 Å². The average molecular weight is 541 g/mol. The number of fused-ring (bicyclic) bond motifs is 1. The molecular weight excluding hydrogens is 492 g/mol. The summed E-state index contributed by atoms with van der Waals surface area (Å²) in [5, 5.41) is 3.67. The number of carbonyl (C=O) groups is 2. The zero-order chi connectivity index (χ0) is 26.6. The summed E-state index contributed by atoms with van der Waals surface area (Å²) in [6.45, 7) is 7.03. The number of ketones is 1. The number of hydrogen-bond donors (Lipinski definition) is 1. The van der Waals surface area contributed by atoms with Gasteiger partial charge in [0.05, 0.1) is 51.7 Å². The normalized spacial score (nSPS) is 20.7. The van der Waals surface area contributed by atoms with Crippen molar-refractivity contribution in [3.8, 4) is 12.3 Å². The van der Waals surface area contributed by atoms with Crippen LogP contribution in [0.2, 0.25) is 0 Å². The lowest BCUT2D eigenvalue weighted by Crippen LogP contribution is -2.41. The van der Waals surface area contributed by atoms with Crippen LogP contribution in [0.4, 0.5) is 4.79 Å². The van der Waals surface area contributed by atoms with E-state index in [4.69, 9.17) is 25.4 Å². The van der Waals surface area contributed by atoms with Gasteiger partial charge in [0, 0.05) is 37.0 Å². The van der Waals surface area contributed by atoms with Crippen LogP contribution in [0.1, 0.15) is 71.1 Å². The van der Waals surface area contributed by atoms with Crippen LogP contribution in [0, 0.1) is 12.3 Å². The molecule has 9 heteroatoms. The van der Waals surface area contributed by atoms with Crippen LogP contribution in [-0.2, 0) is 23.7 Å². The summed E-state index contributed by atoms with van der Waals surface area (Å²) in [4.78, 5) is 26.7. The highest BCUT2D eigenvalue weighted by Gasteiger charge is 2.47.